The van der Waals surface area contributed by atoms with Gasteiger partial charge in [0.2, 0.25) is 11.7 Å². The summed E-state index contributed by atoms with van der Waals surface area (Å²) in [5.74, 6) is 1.77. The lowest BCUT2D eigenvalue weighted by Gasteiger charge is -2.02. The van der Waals surface area contributed by atoms with Crippen LogP contribution in [-0.2, 0) is 0 Å². The number of hydrogen-bond donors (Lipinski definition) is 2. The van der Waals surface area contributed by atoms with Crippen molar-refractivity contribution >= 4 is 5.82 Å². The van der Waals surface area contributed by atoms with E-state index in [1.807, 2.05) is 54.6 Å². The SMILES string of the molecule is COc1ccc(-c2noc(-c3c(OCCO)nn(-c4ccccc4)c3N)n2)cc1. The minimum absolute atomic E-state index is 0.0533. The summed E-state index contributed by atoms with van der Waals surface area (Å²) in [5, 5.41) is 17.6. The quantitative estimate of drug-likeness (QED) is 0.491. The van der Waals surface area contributed by atoms with Crippen LogP contribution in [-0.4, -0.2) is 45.4 Å². The Morgan fingerprint density at radius 2 is 1.86 bits per heavy atom. The lowest BCUT2D eigenvalue weighted by Crippen LogP contribution is -2.04. The molecule has 9 heteroatoms. The summed E-state index contributed by atoms with van der Waals surface area (Å²) in [4.78, 5) is 4.45. The Kier molecular flexibility index (Phi) is 5.12. The lowest BCUT2D eigenvalue weighted by molar-refractivity contribution is 0.196. The minimum atomic E-state index is -0.168. The Balaban J connectivity index is 1.75. The molecule has 2 heterocycles. The summed E-state index contributed by atoms with van der Waals surface area (Å²) in [6, 6.07) is 16.6. The highest BCUT2D eigenvalue weighted by Gasteiger charge is 2.25. The van der Waals surface area contributed by atoms with Crippen molar-refractivity contribution in [2.45, 2.75) is 0 Å². The molecule has 0 aliphatic carbocycles. The lowest BCUT2D eigenvalue weighted by atomic mass is 10.2. The molecule has 4 aromatic rings. The van der Waals surface area contributed by atoms with Gasteiger partial charge in [0.05, 0.1) is 19.4 Å². The van der Waals surface area contributed by atoms with E-state index in [1.165, 1.54) is 4.68 Å². The molecule has 2 aromatic carbocycles. The Bertz CT molecular complexity index is 1090. The molecule has 29 heavy (non-hydrogen) atoms. The minimum Gasteiger partial charge on any atom is -0.497 e. The van der Waals surface area contributed by atoms with Gasteiger partial charge in [0.15, 0.2) is 0 Å². The van der Waals surface area contributed by atoms with Crippen molar-refractivity contribution in [1.29, 1.82) is 0 Å². The fourth-order valence-corrected chi connectivity index (χ4v) is 2.80. The van der Waals surface area contributed by atoms with Gasteiger partial charge in [-0.15, -0.1) is 5.10 Å². The molecule has 148 valence electrons. The van der Waals surface area contributed by atoms with Gasteiger partial charge in [-0.25, -0.2) is 4.68 Å². The van der Waals surface area contributed by atoms with Gasteiger partial charge in [-0.05, 0) is 36.4 Å². The smallest absolute Gasteiger partial charge is 0.267 e. The second kappa shape index (κ2) is 8.03. The van der Waals surface area contributed by atoms with Gasteiger partial charge in [-0.3, -0.25) is 0 Å². The van der Waals surface area contributed by atoms with E-state index in [-0.39, 0.29) is 30.8 Å². The molecule has 0 bridgehead atoms. The number of para-hydroxylation sites is 1. The van der Waals surface area contributed by atoms with Crippen LogP contribution in [0.25, 0.3) is 28.5 Å². The molecule has 4 rings (SSSR count). The highest BCUT2D eigenvalue weighted by Crippen LogP contribution is 2.36. The van der Waals surface area contributed by atoms with Crippen molar-refractivity contribution in [3.05, 3.63) is 54.6 Å². The maximum atomic E-state index is 9.13. The van der Waals surface area contributed by atoms with Crippen LogP contribution in [0.2, 0.25) is 0 Å². The largest absolute Gasteiger partial charge is 0.497 e. The van der Waals surface area contributed by atoms with Crippen molar-refractivity contribution in [2.75, 3.05) is 26.1 Å². The molecule has 0 amide bonds. The maximum absolute atomic E-state index is 9.13. The molecule has 0 saturated carbocycles. The Hall–Kier alpha value is -3.85. The fraction of sp³-hybridized carbons (Fsp3) is 0.150. The second-order valence-corrected chi connectivity index (χ2v) is 6.04. The zero-order chi connectivity index (χ0) is 20.2. The van der Waals surface area contributed by atoms with Crippen molar-refractivity contribution in [3.63, 3.8) is 0 Å². The molecule has 3 N–H and O–H groups in total. The van der Waals surface area contributed by atoms with Gasteiger partial charge in [0.25, 0.3) is 5.89 Å². The summed E-state index contributed by atoms with van der Waals surface area (Å²) in [7, 11) is 1.60. The van der Waals surface area contributed by atoms with E-state index in [2.05, 4.69) is 15.2 Å². The number of nitrogens with two attached hydrogens (primary N) is 1. The first-order valence-corrected chi connectivity index (χ1v) is 8.87. The molecule has 0 spiro atoms. The monoisotopic (exact) mass is 393 g/mol. The Morgan fingerprint density at radius 1 is 1.10 bits per heavy atom. The molecule has 0 aliphatic heterocycles. The third-order valence-corrected chi connectivity index (χ3v) is 4.21. The van der Waals surface area contributed by atoms with E-state index < -0.39 is 0 Å². The van der Waals surface area contributed by atoms with Crippen molar-refractivity contribution < 1.29 is 19.1 Å². The van der Waals surface area contributed by atoms with Gasteiger partial charge >= 0.3 is 0 Å². The first-order chi connectivity index (χ1) is 14.2. The molecule has 0 saturated heterocycles. The number of aromatic nitrogens is 4. The summed E-state index contributed by atoms with van der Waals surface area (Å²) >= 11 is 0. The number of methoxy groups -OCH3 is 1. The highest BCUT2D eigenvalue weighted by atomic mass is 16.5. The van der Waals surface area contributed by atoms with Crippen LogP contribution in [0.15, 0.2) is 59.1 Å². The van der Waals surface area contributed by atoms with E-state index >= 15 is 0 Å². The molecule has 0 aliphatic rings. The standard InChI is InChI=1S/C20H19N5O4/c1-27-15-9-7-13(8-10-15)18-22-19(29-24-18)16-17(21)25(14-5-3-2-4-6-14)23-20(16)28-12-11-26/h2-10,26H,11-12,21H2,1H3. The van der Waals surface area contributed by atoms with Gasteiger partial charge in [0, 0.05) is 5.56 Å². The zero-order valence-corrected chi connectivity index (χ0v) is 15.6. The van der Waals surface area contributed by atoms with Crippen LogP contribution < -0.4 is 15.2 Å². The summed E-state index contributed by atoms with van der Waals surface area (Å²) in [6.07, 6.45) is 0. The number of anilines is 1. The predicted octanol–water partition coefficient (Wildman–Crippen LogP) is 2.55. The molecular formula is C20H19N5O4. The number of nitrogen functional groups attached to an aromatic ring is 1. The molecule has 0 atom stereocenters. The van der Waals surface area contributed by atoms with Gasteiger partial charge in [-0.2, -0.15) is 4.98 Å². The molecule has 0 radical (unpaired) electrons. The van der Waals surface area contributed by atoms with Gasteiger partial charge in [0.1, 0.15) is 23.7 Å². The molecule has 2 aromatic heterocycles. The molecule has 9 nitrogen and oxygen atoms in total. The topological polar surface area (TPSA) is 121 Å². The second-order valence-electron chi connectivity index (χ2n) is 6.04. The van der Waals surface area contributed by atoms with Crippen molar-refractivity contribution in [1.82, 2.24) is 19.9 Å². The van der Waals surface area contributed by atoms with Crippen LogP contribution >= 0.6 is 0 Å². The van der Waals surface area contributed by atoms with Crippen LogP contribution in [0.3, 0.4) is 0 Å². The fourth-order valence-electron chi connectivity index (χ4n) is 2.80. The molecule has 0 unspecified atom stereocenters. The third-order valence-electron chi connectivity index (χ3n) is 4.21. The highest BCUT2D eigenvalue weighted by molar-refractivity contribution is 5.75. The van der Waals surface area contributed by atoms with Crippen molar-refractivity contribution in [3.8, 4) is 40.2 Å². The van der Waals surface area contributed by atoms with E-state index in [1.54, 1.807) is 7.11 Å². The van der Waals surface area contributed by atoms with Crippen LogP contribution in [0.5, 0.6) is 11.6 Å². The van der Waals surface area contributed by atoms with Crippen LogP contribution in [0.1, 0.15) is 0 Å². The van der Waals surface area contributed by atoms with Crippen molar-refractivity contribution in [2.24, 2.45) is 0 Å². The molecule has 0 fully saturated rings. The van der Waals surface area contributed by atoms with E-state index in [0.717, 1.165) is 17.0 Å². The normalized spacial score (nSPS) is 10.8. The number of aliphatic hydroxyl groups is 1. The Morgan fingerprint density at radius 3 is 2.55 bits per heavy atom. The number of rotatable bonds is 7. The third kappa shape index (κ3) is 3.63. The van der Waals surface area contributed by atoms with Gasteiger partial charge < -0.3 is 24.8 Å². The average Bonchev–Trinajstić information content (AvgIpc) is 3.37. The summed E-state index contributed by atoms with van der Waals surface area (Å²) < 4.78 is 17.7. The first kappa shape index (κ1) is 18.5. The number of hydrogen-bond acceptors (Lipinski definition) is 8. The predicted molar refractivity (Wildman–Crippen MR) is 106 cm³/mol. The summed E-state index contributed by atoms with van der Waals surface area (Å²) in [5.41, 5.74) is 8.22. The zero-order valence-electron chi connectivity index (χ0n) is 15.6. The van der Waals surface area contributed by atoms with E-state index in [4.69, 9.17) is 24.8 Å². The maximum Gasteiger partial charge on any atom is 0.267 e. The van der Waals surface area contributed by atoms with Crippen LogP contribution in [0, 0.1) is 0 Å². The van der Waals surface area contributed by atoms with E-state index in [9.17, 15) is 0 Å². The molecular weight excluding hydrogens is 374 g/mol. The number of nitrogens with zero attached hydrogens (tertiary/aromatic N) is 4. The summed E-state index contributed by atoms with van der Waals surface area (Å²) in [6.45, 7) is -0.115. The van der Waals surface area contributed by atoms with Gasteiger partial charge in [-0.1, -0.05) is 23.4 Å². The first-order valence-electron chi connectivity index (χ1n) is 8.87. The number of ether oxygens (including phenoxy) is 2. The van der Waals surface area contributed by atoms with E-state index in [0.29, 0.717) is 11.4 Å². The number of aliphatic hydroxyl groups excluding tert-OH is 1. The average molecular weight is 393 g/mol. The van der Waals surface area contributed by atoms with Crippen LogP contribution in [0.4, 0.5) is 5.82 Å². The number of benzene rings is 2. The Labute approximate surface area is 166 Å².